The van der Waals surface area contributed by atoms with Gasteiger partial charge in [-0.2, -0.15) is 0 Å². The van der Waals surface area contributed by atoms with E-state index in [0.717, 1.165) is 5.39 Å². The molecule has 26 heavy (non-hydrogen) atoms. The van der Waals surface area contributed by atoms with Gasteiger partial charge in [0.25, 0.3) is 5.56 Å². The van der Waals surface area contributed by atoms with Gasteiger partial charge in [-0.3, -0.25) is 14.4 Å². The Morgan fingerprint density at radius 3 is 2.46 bits per heavy atom. The summed E-state index contributed by atoms with van der Waals surface area (Å²) >= 11 is 0. The lowest BCUT2D eigenvalue weighted by atomic mass is 10.2. The Kier molecular flexibility index (Phi) is 5.07. The van der Waals surface area contributed by atoms with Gasteiger partial charge in [-0.05, 0) is 41.8 Å². The van der Waals surface area contributed by atoms with Gasteiger partial charge in [0.15, 0.2) is 0 Å². The summed E-state index contributed by atoms with van der Waals surface area (Å²) < 4.78 is 14.1. The number of pyridine rings is 1. The van der Waals surface area contributed by atoms with Gasteiger partial charge in [0.2, 0.25) is 11.8 Å². The largest absolute Gasteiger partial charge is 0.345 e. The predicted octanol–water partition coefficient (Wildman–Crippen LogP) is 1.90. The second kappa shape index (κ2) is 7.60. The molecule has 1 heterocycles. The molecular formula is C19H16FN3O3. The van der Waals surface area contributed by atoms with Crippen molar-refractivity contribution in [2.24, 2.45) is 0 Å². The van der Waals surface area contributed by atoms with Crippen LogP contribution in [0.1, 0.15) is 0 Å². The lowest BCUT2D eigenvalue weighted by molar-refractivity contribution is -0.124. The predicted molar refractivity (Wildman–Crippen MR) is 96.2 cm³/mol. The van der Waals surface area contributed by atoms with Crippen molar-refractivity contribution in [2.45, 2.75) is 6.54 Å². The number of amides is 2. The molecule has 132 valence electrons. The SMILES string of the molecule is O=C(Cn1ccc2ccccc2c1=O)NCC(=O)Nc1ccc(F)cc1. The van der Waals surface area contributed by atoms with Crippen LogP contribution in [-0.4, -0.2) is 22.9 Å². The summed E-state index contributed by atoms with van der Waals surface area (Å²) in [5, 5.41) is 6.31. The van der Waals surface area contributed by atoms with E-state index in [0.29, 0.717) is 11.1 Å². The number of hydrogen-bond acceptors (Lipinski definition) is 3. The molecule has 0 atom stereocenters. The lowest BCUT2D eigenvalue weighted by Gasteiger charge is -2.09. The van der Waals surface area contributed by atoms with Gasteiger partial charge in [0.1, 0.15) is 12.4 Å². The normalized spacial score (nSPS) is 10.5. The highest BCUT2D eigenvalue weighted by Gasteiger charge is 2.09. The minimum atomic E-state index is -0.461. The molecule has 0 aliphatic heterocycles. The van der Waals surface area contributed by atoms with E-state index in [1.807, 2.05) is 12.1 Å². The quantitative estimate of drug-likeness (QED) is 0.735. The van der Waals surface area contributed by atoms with E-state index in [9.17, 15) is 18.8 Å². The smallest absolute Gasteiger partial charge is 0.258 e. The second-order valence-corrected chi connectivity index (χ2v) is 5.67. The Labute approximate surface area is 148 Å². The number of nitrogens with one attached hydrogen (secondary N) is 2. The number of anilines is 1. The van der Waals surface area contributed by atoms with Crippen LogP contribution in [0.4, 0.5) is 10.1 Å². The zero-order chi connectivity index (χ0) is 18.5. The van der Waals surface area contributed by atoms with Crippen LogP contribution in [-0.2, 0) is 16.1 Å². The van der Waals surface area contributed by atoms with Crippen molar-refractivity contribution in [1.82, 2.24) is 9.88 Å². The Balaban J connectivity index is 1.57. The number of halogens is 1. The van der Waals surface area contributed by atoms with Gasteiger partial charge in [-0.15, -0.1) is 0 Å². The fourth-order valence-electron chi connectivity index (χ4n) is 2.48. The number of carbonyl (C=O) groups is 2. The third kappa shape index (κ3) is 4.13. The fraction of sp³-hybridized carbons (Fsp3) is 0.105. The van der Waals surface area contributed by atoms with Crippen molar-refractivity contribution in [3.63, 3.8) is 0 Å². The standard InChI is InChI=1S/C19H16FN3O3/c20-14-5-7-15(8-6-14)22-17(24)11-21-18(25)12-23-10-9-13-3-1-2-4-16(13)19(23)26/h1-10H,11-12H2,(H,21,25)(H,22,24). The number of hydrogen-bond donors (Lipinski definition) is 2. The first-order valence-corrected chi connectivity index (χ1v) is 7.93. The monoisotopic (exact) mass is 353 g/mol. The van der Waals surface area contributed by atoms with Gasteiger partial charge in [0, 0.05) is 17.3 Å². The first-order valence-electron chi connectivity index (χ1n) is 7.93. The highest BCUT2D eigenvalue weighted by Crippen LogP contribution is 2.08. The van der Waals surface area contributed by atoms with Gasteiger partial charge in [-0.25, -0.2) is 4.39 Å². The molecule has 2 aromatic carbocycles. The molecule has 0 aliphatic rings. The number of rotatable bonds is 5. The summed E-state index contributed by atoms with van der Waals surface area (Å²) in [6.07, 6.45) is 1.54. The summed E-state index contributed by atoms with van der Waals surface area (Å²) in [6, 6.07) is 14.1. The summed E-state index contributed by atoms with van der Waals surface area (Å²) in [5.74, 6) is -1.32. The van der Waals surface area contributed by atoms with Crippen LogP contribution in [0.25, 0.3) is 10.8 Å². The zero-order valence-corrected chi connectivity index (χ0v) is 13.7. The number of aromatic nitrogens is 1. The zero-order valence-electron chi connectivity index (χ0n) is 13.7. The molecule has 0 unspecified atom stereocenters. The molecule has 0 spiro atoms. The highest BCUT2D eigenvalue weighted by atomic mass is 19.1. The molecular weight excluding hydrogens is 337 g/mol. The van der Waals surface area contributed by atoms with E-state index < -0.39 is 17.6 Å². The third-order valence-electron chi connectivity index (χ3n) is 3.77. The van der Waals surface area contributed by atoms with Crippen LogP contribution in [0.5, 0.6) is 0 Å². The molecule has 0 saturated heterocycles. The summed E-state index contributed by atoms with van der Waals surface area (Å²) in [7, 11) is 0. The van der Waals surface area contributed by atoms with Crippen molar-refractivity contribution in [2.75, 3.05) is 11.9 Å². The summed E-state index contributed by atoms with van der Waals surface area (Å²) in [4.78, 5) is 36.2. The highest BCUT2D eigenvalue weighted by molar-refractivity contribution is 5.94. The first-order chi connectivity index (χ1) is 12.5. The van der Waals surface area contributed by atoms with E-state index in [4.69, 9.17) is 0 Å². The van der Waals surface area contributed by atoms with Gasteiger partial charge < -0.3 is 15.2 Å². The van der Waals surface area contributed by atoms with Crippen molar-refractivity contribution in [3.8, 4) is 0 Å². The summed E-state index contributed by atoms with van der Waals surface area (Å²) in [5.41, 5.74) is 0.158. The van der Waals surface area contributed by atoms with Crippen molar-refractivity contribution in [3.05, 3.63) is 77.0 Å². The molecule has 3 aromatic rings. The van der Waals surface area contributed by atoms with Crippen molar-refractivity contribution >= 4 is 28.3 Å². The van der Waals surface area contributed by atoms with Crippen LogP contribution in [0.15, 0.2) is 65.6 Å². The molecule has 0 aliphatic carbocycles. The maximum atomic E-state index is 12.8. The van der Waals surface area contributed by atoms with Crippen LogP contribution in [0.3, 0.4) is 0 Å². The lowest BCUT2D eigenvalue weighted by Crippen LogP contribution is -2.36. The number of fused-ring (bicyclic) bond motifs is 1. The fourth-order valence-corrected chi connectivity index (χ4v) is 2.48. The van der Waals surface area contributed by atoms with Gasteiger partial charge in [0.05, 0.1) is 6.54 Å². The summed E-state index contributed by atoms with van der Waals surface area (Å²) in [6.45, 7) is -0.438. The second-order valence-electron chi connectivity index (χ2n) is 5.67. The van der Waals surface area contributed by atoms with E-state index in [1.54, 1.807) is 24.4 Å². The minimum Gasteiger partial charge on any atom is -0.345 e. The molecule has 7 heteroatoms. The minimum absolute atomic E-state index is 0.187. The molecule has 3 rings (SSSR count). The Hall–Kier alpha value is -3.48. The molecule has 0 saturated carbocycles. The van der Waals surface area contributed by atoms with Crippen LogP contribution < -0.4 is 16.2 Å². The van der Waals surface area contributed by atoms with Crippen molar-refractivity contribution < 1.29 is 14.0 Å². The van der Waals surface area contributed by atoms with E-state index in [-0.39, 0.29) is 18.6 Å². The van der Waals surface area contributed by atoms with Crippen LogP contribution in [0.2, 0.25) is 0 Å². The molecule has 6 nitrogen and oxygen atoms in total. The topological polar surface area (TPSA) is 80.2 Å². The molecule has 0 fully saturated rings. The molecule has 0 radical (unpaired) electrons. The number of carbonyl (C=O) groups excluding carboxylic acids is 2. The first kappa shape index (κ1) is 17.3. The van der Waals surface area contributed by atoms with Crippen LogP contribution in [0, 0.1) is 5.82 Å². The van der Waals surface area contributed by atoms with Gasteiger partial charge >= 0.3 is 0 Å². The maximum absolute atomic E-state index is 12.8. The Morgan fingerprint density at radius 1 is 0.962 bits per heavy atom. The van der Waals surface area contributed by atoms with Crippen LogP contribution >= 0.6 is 0 Å². The Morgan fingerprint density at radius 2 is 1.69 bits per heavy atom. The molecule has 2 N–H and O–H groups in total. The molecule has 2 amide bonds. The van der Waals surface area contributed by atoms with Crippen molar-refractivity contribution in [1.29, 1.82) is 0 Å². The van der Waals surface area contributed by atoms with E-state index in [2.05, 4.69) is 10.6 Å². The third-order valence-corrected chi connectivity index (χ3v) is 3.77. The number of nitrogens with zero attached hydrogens (tertiary/aromatic N) is 1. The van der Waals surface area contributed by atoms with Gasteiger partial charge in [-0.1, -0.05) is 18.2 Å². The average Bonchev–Trinajstić information content (AvgIpc) is 2.64. The molecule has 1 aromatic heterocycles. The molecule has 0 bridgehead atoms. The van der Waals surface area contributed by atoms with E-state index >= 15 is 0 Å². The number of benzene rings is 2. The maximum Gasteiger partial charge on any atom is 0.258 e. The average molecular weight is 353 g/mol. The Bertz CT molecular complexity index is 1010. The van der Waals surface area contributed by atoms with E-state index in [1.165, 1.54) is 28.8 Å².